The summed E-state index contributed by atoms with van der Waals surface area (Å²) in [6, 6.07) is 5.03. The lowest BCUT2D eigenvalue weighted by atomic mass is 10.1. The highest BCUT2D eigenvalue weighted by Crippen LogP contribution is 2.38. The number of ether oxygens (including phenoxy) is 4. The number of aromatic nitrogens is 2. The summed E-state index contributed by atoms with van der Waals surface area (Å²) in [5.41, 5.74) is 1.38. The fraction of sp³-hybridized carbons (Fsp3) is 0.389. The Morgan fingerprint density at radius 2 is 1.70 bits per heavy atom. The summed E-state index contributed by atoms with van der Waals surface area (Å²) in [6.07, 6.45) is -0.0468. The van der Waals surface area contributed by atoms with Crippen molar-refractivity contribution in [3.63, 3.8) is 0 Å². The van der Waals surface area contributed by atoms with Crippen molar-refractivity contribution in [3.05, 3.63) is 29.5 Å². The maximum absolute atomic E-state index is 12.1. The van der Waals surface area contributed by atoms with Crippen molar-refractivity contribution in [2.75, 3.05) is 33.3 Å². The molecule has 146 valence electrons. The summed E-state index contributed by atoms with van der Waals surface area (Å²) < 4.78 is 22.3. The Morgan fingerprint density at radius 1 is 1.07 bits per heavy atom. The molecule has 2 rings (SSSR count). The van der Waals surface area contributed by atoms with Crippen molar-refractivity contribution in [3.8, 4) is 17.2 Å². The van der Waals surface area contributed by atoms with Gasteiger partial charge in [-0.2, -0.15) is 5.10 Å². The smallest absolute Gasteiger partial charge is 0.310 e. The van der Waals surface area contributed by atoms with Crippen LogP contribution < -0.4 is 19.5 Å². The molecule has 9 heteroatoms. The molecule has 1 aromatic heterocycles. The number of benzene rings is 1. The molecule has 0 atom stereocenters. The van der Waals surface area contributed by atoms with Crippen LogP contribution in [-0.2, 0) is 27.8 Å². The van der Waals surface area contributed by atoms with Gasteiger partial charge in [0.1, 0.15) is 5.82 Å². The summed E-state index contributed by atoms with van der Waals surface area (Å²) in [5, 5.41) is 6.75. The Labute approximate surface area is 157 Å². The highest BCUT2D eigenvalue weighted by molar-refractivity contribution is 5.92. The van der Waals surface area contributed by atoms with Gasteiger partial charge in [0.15, 0.2) is 18.1 Å². The summed E-state index contributed by atoms with van der Waals surface area (Å²) in [5.74, 6) is 0.825. The summed E-state index contributed by atoms with van der Waals surface area (Å²) in [7, 11) is 6.18. The van der Waals surface area contributed by atoms with E-state index < -0.39 is 18.5 Å². The summed E-state index contributed by atoms with van der Waals surface area (Å²) >= 11 is 0. The maximum Gasteiger partial charge on any atom is 0.310 e. The molecular weight excluding hydrogens is 354 g/mol. The monoisotopic (exact) mass is 377 g/mol. The molecule has 1 amide bonds. The molecule has 0 aliphatic carbocycles. The summed E-state index contributed by atoms with van der Waals surface area (Å²) in [4.78, 5) is 24.0. The average molecular weight is 377 g/mol. The van der Waals surface area contributed by atoms with Crippen molar-refractivity contribution in [1.29, 1.82) is 0 Å². The molecule has 0 spiro atoms. The van der Waals surface area contributed by atoms with Gasteiger partial charge in [-0.15, -0.1) is 0 Å². The zero-order valence-electron chi connectivity index (χ0n) is 16.0. The fourth-order valence-electron chi connectivity index (χ4n) is 2.51. The van der Waals surface area contributed by atoms with E-state index in [1.165, 1.54) is 26.0 Å². The number of amides is 1. The van der Waals surface area contributed by atoms with E-state index in [2.05, 4.69) is 10.4 Å². The molecule has 1 heterocycles. The van der Waals surface area contributed by atoms with Gasteiger partial charge in [-0.1, -0.05) is 0 Å². The largest absolute Gasteiger partial charge is 0.493 e. The second kappa shape index (κ2) is 8.93. The lowest BCUT2D eigenvalue weighted by Gasteiger charge is -2.14. The molecule has 0 aliphatic rings. The molecule has 9 nitrogen and oxygen atoms in total. The number of esters is 1. The van der Waals surface area contributed by atoms with Crippen molar-refractivity contribution in [2.24, 2.45) is 7.05 Å². The molecule has 0 saturated carbocycles. The number of carbonyl (C=O) groups is 2. The molecule has 0 fully saturated rings. The number of aryl methyl sites for hydroxylation is 2. The topological polar surface area (TPSA) is 101 Å². The van der Waals surface area contributed by atoms with Crippen LogP contribution in [0.3, 0.4) is 0 Å². The van der Waals surface area contributed by atoms with Crippen LogP contribution in [0.4, 0.5) is 5.82 Å². The zero-order valence-corrected chi connectivity index (χ0v) is 16.0. The third-order valence-electron chi connectivity index (χ3n) is 3.71. The fourth-order valence-corrected chi connectivity index (χ4v) is 2.51. The molecule has 0 aliphatic heterocycles. The predicted octanol–water partition coefficient (Wildman–Crippen LogP) is 1.48. The molecule has 0 radical (unpaired) electrons. The number of nitrogens with one attached hydrogen (secondary N) is 1. The Hall–Kier alpha value is -3.23. The van der Waals surface area contributed by atoms with Crippen LogP contribution in [0.5, 0.6) is 17.2 Å². The number of hydrogen-bond acceptors (Lipinski definition) is 7. The van der Waals surface area contributed by atoms with Gasteiger partial charge in [0, 0.05) is 13.1 Å². The Morgan fingerprint density at radius 3 is 2.19 bits per heavy atom. The Bertz CT molecular complexity index is 805. The van der Waals surface area contributed by atoms with Crippen LogP contribution in [0.15, 0.2) is 18.2 Å². The first kappa shape index (κ1) is 20.1. The number of nitrogens with zero attached hydrogens (tertiary/aromatic N) is 2. The lowest BCUT2D eigenvalue weighted by Crippen LogP contribution is -2.22. The molecule has 0 saturated heterocycles. The molecule has 1 aromatic carbocycles. The van der Waals surface area contributed by atoms with Crippen LogP contribution in [-0.4, -0.2) is 49.6 Å². The van der Waals surface area contributed by atoms with E-state index in [1.807, 2.05) is 6.92 Å². The minimum atomic E-state index is -0.555. The third kappa shape index (κ3) is 5.13. The van der Waals surface area contributed by atoms with Gasteiger partial charge in [0.25, 0.3) is 5.91 Å². The third-order valence-corrected chi connectivity index (χ3v) is 3.71. The number of carbonyl (C=O) groups excluding carboxylic acids is 2. The van der Waals surface area contributed by atoms with E-state index in [0.29, 0.717) is 28.6 Å². The van der Waals surface area contributed by atoms with Crippen molar-refractivity contribution in [1.82, 2.24) is 9.78 Å². The second-order valence-corrected chi connectivity index (χ2v) is 5.71. The summed E-state index contributed by atoms with van der Waals surface area (Å²) in [6.45, 7) is 1.42. The van der Waals surface area contributed by atoms with E-state index >= 15 is 0 Å². The second-order valence-electron chi connectivity index (χ2n) is 5.71. The van der Waals surface area contributed by atoms with Crippen LogP contribution in [0.25, 0.3) is 0 Å². The maximum atomic E-state index is 12.1. The Kier molecular flexibility index (Phi) is 6.64. The van der Waals surface area contributed by atoms with E-state index in [9.17, 15) is 9.59 Å². The number of rotatable bonds is 8. The van der Waals surface area contributed by atoms with Gasteiger partial charge in [0.2, 0.25) is 5.75 Å². The highest BCUT2D eigenvalue weighted by atomic mass is 16.5. The highest BCUT2D eigenvalue weighted by Gasteiger charge is 2.16. The van der Waals surface area contributed by atoms with Gasteiger partial charge in [-0.05, 0) is 24.6 Å². The normalized spacial score (nSPS) is 10.3. The first-order valence-electron chi connectivity index (χ1n) is 8.13. The van der Waals surface area contributed by atoms with Crippen molar-refractivity contribution >= 4 is 17.7 Å². The van der Waals surface area contributed by atoms with Crippen molar-refractivity contribution in [2.45, 2.75) is 13.3 Å². The molecule has 2 aromatic rings. The first-order chi connectivity index (χ1) is 12.9. The van der Waals surface area contributed by atoms with E-state index in [-0.39, 0.29) is 6.42 Å². The predicted molar refractivity (Wildman–Crippen MR) is 97.3 cm³/mol. The zero-order chi connectivity index (χ0) is 20.0. The number of anilines is 1. The number of methoxy groups -OCH3 is 3. The van der Waals surface area contributed by atoms with Crippen LogP contribution in [0.1, 0.15) is 11.3 Å². The van der Waals surface area contributed by atoms with Crippen LogP contribution in [0, 0.1) is 6.92 Å². The molecular formula is C18H23N3O6. The van der Waals surface area contributed by atoms with Gasteiger partial charge < -0.3 is 24.3 Å². The Balaban J connectivity index is 1.95. The molecule has 27 heavy (non-hydrogen) atoms. The first-order valence-corrected chi connectivity index (χ1v) is 8.13. The molecule has 0 unspecified atom stereocenters. The lowest BCUT2D eigenvalue weighted by molar-refractivity contribution is -0.146. The minimum Gasteiger partial charge on any atom is -0.493 e. The van der Waals surface area contributed by atoms with E-state index in [0.717, 1.165) is 5.69 Å². The average Bonchev–Trinajstić information content (AvgIpc) is 2.95. The van der Waals surface area contributed by atoms with Gasteiger partial charge in [0.05, 0.1) is 33.4 Å². The standard InChI is InChI=1S/C18H23N3O6/c1-11-6-15(21(2)20-11)19-16(22)10-27-17(23)9-12-7-13(24-3)18(26-5)14(8-12)25-4/h6-8H,9-10H2,1-5H3,(H,19,22). The van der Waals surface area contributed by atoms with E-state index in [1.54, 1.807) is 25.2 Å². The van der Waals surface area contributed by atoms with Crippen molar-refractivity contribution < 1.29 is 28.5 Å². The van der Waals surface area contributed by atoms with Gasteiger partial charge in [-0.3, -0.25) is 14.3 Å². The number of hydrogen-bond donors (Lipinski definition) is 1. The van der Waals surface area contributed by atoms with Gasteiger partial charge >= 0.3 is 5.97 Å². The van der Waals surface area contributed by atoms with Crippen LogP contribution in [0.2, 0.25) is 0 Å². The SMILES string of the molecule is COc1cc(CC(=O)OCC(=O)Nc2cc(C)nn2C)cc(OC)c1OC. The molecule has 0 bridgehead atoms. The molecule has 1 N–H and O–H groups in total. The van der Waals surface area contributed by atoms with Gasteiger partial charge in [-0.25, -0.2) is 0 Å². The van der Waals surface area contributed by atoms with Crippen LogP contribution >= 0.6 is 0 Å². The van der Waals surface area contributed by atoms with E-state index in [4.69, 9.17) is 18.9 Å². The quantitative estimate of drug-likeness (QED) is 0.695. The minimum absolute atomic E-state index is 0.0468.